The number of nitrogens with zero attached hydrogens (tertiary/aromatic N) is 3. The summed E-state index contributed by atoms with van der Waals surface area (Å²) in [6.07, 6.45) is 0. The Morgan fingerprint density at radius 3 is 2.11 bits per heavy atom. The van der Waals surface area contributed by atoms with Crippen molar-refractivity contribution in [3.63, 3.8) is 0 Å². The number of benzene rings is 7. The van der Waals surface area contributed by atoms with Crippen molar-refractivity contribution in [3.8, 4) is 22.4 Å². The van der Waals surface area contributed by atoms with E-state index in [2.05, 4.69) is 144 Å². The summed E-state index contributed by atoms with van der Waals surface area (Å²) in [7, 11) is 0. The molecule has 0 N–H and O–H groups in total. The van der Waals surface area contributed by atoms with E-state index >= 15 is 0 Å². The molecule has 5 heteroatoms. The summed E-state index contributed by atoms with van der Waals surface area (Å²) in [5.41, 5.74) is 7.75. The van der Waals surface area contributed by atoms with Gasteiger partial charge in [-0.25, -0.2) is 9.97 Å². The number of hydrogen-bond donors (Lipinski definition) is 0. The molecule has 3 nitrogen and oxygen atoms in total. The zero-order valence-electron chi connectivity index (χ0n) is 24.9. The number of fused-ring (bicyclic) bond motifs is 10. The Kier molecular flexibility index (Phi) is 5.14. The molecule has 1 aliphatic heterocycles. The minimum absolute atomic E-state index is 0.686. The van der Waals surface area contributed by atoms with Gasteiger partial charge in [-0.05, 0) is 52.1 Å². The number of hydrogen-bond acceptors (Lipinski definition) is 5. The molecule has 218 valence electrons. The van der Waals surface area contributed by atoms with E-state index in [9.17, 15) is 0 Å². The van der Waals surface area contributed by atoms with Crippen LogP contribution < -0.4 is 4.90 Å². The van der Waals surface area contributed by atoms with Crippen LogP contribution >= 0.6 is 22.7 Å². The third-order valence-corrected chi connectivity index (χ3v) is 11.9. The van der Waals surface area contributed by atoms with Crippen molar-refractivity contribution in [1.29, 1.82) is 0 Å². The Hall–Kier alpha value is -5.62. The molecule has 0 aliphatic carbocycles. The second-order valence-electron chi connectivity index (χ2n) is 12.2. The van der Waals surface area contributed by atoms with Crippen LogP contribution in [0.3, 0.4) is 0 Å². The Morgan fingerprint density at radius 1 is 0.489 bits per heavy atom. The number of rotatable bonds is 2. The molecule has 0 saturated heterocycles. The molecule has 0 unspecified atom stereocenters. The fourth-order valence-electron chi connectivity index (χ4n) is 7.54. The average molecular weight is 634 g/mol. The molecule has 3 aromatic heterocycles. The Balaban J connectivity index is 1.25. The molecular weight excluding hydrogens is 611 g/mol. The van der Waals surface area contributed by atoms with Gasteiger partial charge in [0, 0.05) is 46.8 Å². The largest absolute Gasteiger partial charge is 0.278 e. The summed E-state index contributed by atoms with van der Waals surface area (Å²) < 4.78 is 4.91. The Labute approximate surface area is 277 Å². The van der Waals surface area contributed by atoms with Crippen molar-refractivity contribution in [2.45, 2.75) is 0 Å². The maximum atomic E-state index is 5.52. The number of anilines is 3. The van der Waals surface area contributed by atoms with E-state index in [4.69, 9.17) is 9.97 Å². The first-order valence-corrected chi connectivity index (χ1v) is 17.4. The molecule has 4 heterocycles. The summed E-state index contributed by atoms with van der Waals surface area (Å²) in [6, 6.07) is 50.5. The maximum Gasteiger partial charge on any atom is 0.235 e. The minimum Gasteiger partial charge on any atom is -0.278 e. The Morgan fingerprint density at radius 2 is 1.21 bits per heavy atom. The zero-order valence-corrected chi connectivity index (χ0v) is 26.6. The predicted molar refractivity (Wildman–Crippen MR) is 202 cm³/mol. The molecule has 10 aromatic rings. The molecular formula is C42H23N3S2. The first-order valence-electron chi connectivity index (χ1n) is 15.8. The molecule has 0 bridgehead atoms. The molecule has 0 fully saturated rings. The number of thiophene rings is 2. The van der Waals surface area contributed by atoms with Crippen molar-refractivity contribution >= 4 is 102 Å². The lowest BCUT2D eigenvalue weighted by molar-refractivity contribution is 1.12. The van der Waals surface area contributed by atoms with Crippen LogP contribution in [0.15, 0.2) is 140 Å². The van der Waals surface area contributed by atoms with Crippen LogP contribution in [0.25, 0.3) is 84.4 Å². The van der Waals surface area contributed by atoms with E-state index in [1.807, 2.05) is 11.3 Å². The van der Waals surface area contributed by atoms with Crippen molar-refractivity contribution in [2.75, 3.05) is 4.90 Å². The third-order valence-electron chi connectivity index (χ3n) is 9.60. The van der Waals surface area contributed by atoms with Gasteiger partial charge in [0.05, 0.1) is 27.3 Å². The fraction of sp³-hybridized carbons (Fsp3) is 0. The minimum atomic E-state index is 0.686. The molecule has 0 amide bonds. The van der Waals surface area contributed by atoms with Gasteiger partial charge in [0.25, 0.3) is 0 Å². The van der Waals surface area contributed by atoms with Gasteiger partial charge < -0.3 is 0 Å². The highest BCUT2D eigenvalue weighted by molar-refractivity contribution is 7.26. The lowest BCUT2D eigenvalue weighted by atomic mass is 9.88. The highest BCUT2D eigenvalue weighted by Crippen LogP contribution is 2.53. The van der Waals surface area contributed by atoms with Crippen LogP contribution in [0.5, 0.6) is 0 Å². The zero-order chi connectivity index (χ0) is 30.6. The highest BCUT2D eigenvalue weighted by Gasteiger charge is 2.30. The van der Waals surface area contributed by atoms with Crippen LogP contribution in [0, 0.1) is 0 Å². The van der Waals surface area contributed by atoms with Crippen LogP contribution in [0.1, 0.15) is 0 Å². The van der Waals surface area contributed by atoms with E-state index in [0.717, 1.165) is 38.2 Å². The lowest BCUT2D eigenvalue weighted by Crippen LogP contribution is -2.18. The molecule has 11 rings (SSSR count). The predicted octanol–water partition coefficient (Wildman–Crippen LogP) is 12.6. The first-order chi connectivity index (χ1) is 23.3. The van der Waals surface area contributed by atoms with Crippen LogP contribution in [0.4, 0.5) is 17.3 Å². The summed E-state index contributed by atoms with van der Waals surface area (Å²) in [6.45, 7) is 0. The molecule has 0 radical (unpaired) electrons. The van der Waals surface area contributed by atoms with Gasteiger partial charge >= 0.3 is 0 Å². The van der Waals surface area contributed by atoms with Crippen molar-refractivity contribution in [3.05, 3.63) is 140 Å². The normalized spacial score (nSPS) is 12.6. The van der Waals surface area contributed by atoms with Crippen molar-refractivity contribution in [2.24, 2.45) is 0 Å². The van der Waals surface area contributed by atoms with E-state index in [0.29, 0.717) is 5.95 Å². The van der Waals surface area contributed by atoms with Gasteiger partial charge in [-0.2, -0.15) is 0 Å². The average Bonchev–Trinajstić information content (AvgIpc) is 3.69. The van der Waals surface area contributed by atoms with Crippen LogP contribution in [-0.2, 0) is 0 Å². The molecule has 0 spiro atoms. The van der Waals surface area contributed by atoms with Gasteiger partial charge in [0.1, 0.15) is 0 Å². The summed E-state index contributed by atoms with van der Waals surface area (Å²) >= 11 is 3.62. The van der Waals surface area contributed by atoms with E-state index in [1.165, 1.54) is 57.5 Å². The van der Waals surface area contributed by atoms with Crippen molar-refractivity contribution in [1.82, 2.24) is 9.97 Å². The summed E-state index contributed by atoms with van der Waals surface area (Å²) in [5, 5.41) is 8.64. The van der Waals surface area contributed by atoms with E-state index < -0.39 is 0 Å². The molecule has 7 aromatic carbocycles. The standard InChI is InChI=1S/C42H23N3S2/c1-2-12-27-24(9-1)20-22-33-38(27)31-15-7-10-25-11-8-16-32(37(25)31)45(33)42-43-39(41-40(44-42)30-14-4-6-18-35(30)47-41)26-19-21-29-28-13-3-5-17-34(28)46-36(29)23-26/h1-23H. The van der Waals surface area contributed by atoms with Crippen LogP contribution in [0.2, 0.25) is 0 Å². The lowest BCUT2D eigenvalue weighted by Gasteiger charge is -2.32. The van der Waals surface area contributed by atoms with Gasteiger partial charge in [-0.1, -0.05) is 109 Å². The SMILES string of the molecule is c1ccc2c3c(ccc2c1)N(c1nc(-c2ccc4c(c2)sc2ccccc24)c2sc4ccccc4c2n1)c1cccc2cccc-3c12. The van der Waals surface area contributed by atoms with Gasteiger partial charge in [-0.3, -0.25) is 4.90 Å². The summed E-state index contributed by atoms with van der Waals surface area (Å²) in [4.78, 5) is 13.3. The smallest absolute Gasteiger partial charge is 0.235 e. The first kappa shape index (κ1) is 25.6. The van der Waals surface area contributed by atoms with Gasteiger partial charge in [0.15, 0.2) is 0 Å². The molecule has 0 atom stereocenters. The van der Waals surface area contributed by atoms with Gasteiger partial charge in [0.2, 0.25) is 5.95 Å². The Bertz CT molecular complexity index is 2930. The fourth-order valence-corrected chi connectivity index (χ4v) is 9.84. The monoisotopic (exact) mass is 633 g/mol. The second kappa shape index (κ2) is 9.46. The van der Waals surface area contributed by atoms with E-state index in [1.54, 1.807) is 11.3 Å². The molecule has 47 heavy (non-hydrogen) atoms. The van der Waals surface area contributed by atoms with E-state index in [-0.39, 0.29) is 0 Å². The topological polar surface area (TPSA) is 29.0 Å². The third kappa shape index (κ3) is 3.55. The van der Waals surface area contributed by atoms with Crippen molar-refractivity contribution < 1.29 is 0 Å². The molecule has 1 aliphatic rings. The second-order valence-corrected chi connectivity index (χ2v) is 14.3. The highest BCUT2D eigenvalue weighted by atomic mass is 32.1. The van der Waals surface area contributed by atoms with Crippen LogP contribution in [-0.4, -0.2) is 9.97 Å². The quantitative estimate of drug-likeness (QED) is 0.190. The number of aromatic nitrogens is 2. The molecule has 0 saturated carbocycles. The summed E-state index contributed by atoms with van der Waals surface area (Å²) in [5.74, 6) is 0.686. The maximum absolute atomic E-state index is 5.52. The van der Waals surface area contributed by atoms with Gasteiger partial charge in [-0.15, -0.1) is 22.7 Å².